The maximum Gasteiger partial charge on any atom is 0.336 e. The van der Waals surface area contributed by atoms with Crippen LogP contribution in [-0.4, -0.2) is 41.1 Å². The number of nitrogens with zero attached hydrogens (tertiary/aromatic N) is 1. The summed E-state index contributed by atoms with van der Waals surface area (Å²) in [5.74, 6) is -0.900. The number of anilines is 1. The van der Waals surface area contributed by atoms with E-state index in [4.69, 9.17) is 5.11 Å². The average molecular weight is 339 g/mol. The van der Waals surface area contributed by atoms with Crippen molar-refractivity contribution < 1.29 is 9.90 Å². The Morgan fingerprint density at radius 1 is 1.30 bits per heavy atom. The molecule has 0 saturated carbocycles. The molecule has 2 atom stereocenters. The number of carboxylic acids is 1. The van der Waals surface area contributed by atoms with E-state index < -0.39 is 5.97 Å². The van der Waals surface area contributed by atoms with Crippen LogP contribution in [0.4, 0.5) is 5.69 Å². The summed E-state index contributed by atoms with van der Waals surface area (Å²) in [5, 5.41) is 12.6. The summed E-state index contributed by atoms with van der Waals surface area (Å²) < 4.78 is 0.633. The molecule has 2 N–H and O–H groups in total. The van der Waals surface area contributed by atoms with E-state index in [1.807, 2.05) is 12.1 Å². The molecular formula is C15H19BrN2O2. The van der Waals surface area contributed by atoms with Crippen LogP contribution >= 0.6 is 15.9 Å². The number of fused-ring (bicyclic) bond motifs is 1. The third kappa shape index (κ3) is 2.69. The molecule has 5 heteroatoms. The first kappa shape index (κ1) is 13.9. The van der Waals surface area contributed by atoms with Gasteiger partial charge in [0.15, 0.2) is 0 Å². The van der Waals surface area contributed by atoms with Gasteiger partial charge < -0.3 is 10.4 Å². The largest absolute Gasteiger partial charge is 0.478 e. The molecule has 0 aromatic heterocycles. The third-order valence-electron chi connectivity index (χ3n) is 4.41. The van der Waals surface area contributed by atoms with Crippen LogP contribution in [0, 0.1) is 0 Å². The van der Waals surface area contributed by atoms with E-state index in [1.54, 1.807) is 6.07 Å². The maximum absolute atomic E-state index is 11.0. The predicted molar refractivity (Wildman–Crippen MR) is 82.3 cm³/mol. The number of rotatable bonds is 3. The van der Waals surface area contributed by atoms with Gasteiger partial charge in [0.2, 0.25) is 0 Å². The Morgan fingerprint density at radius 2 is 2.15 bits per heavy atom. The fraction of sp³-hybridized carbons (Fsp3) is 0.533. The Bertz CT molecular complexity index is 521. The number of carbonyl (C=O) groups is 1. The number of nitrogens with one attached hydrogen (secondary N) is 1. The first-order valence-electron chi connectivity index (χ1n) is 7.18. The molecule has 0 amide bonds. The second-order valence-corrected chi connectivity index (χ2v) is 6.49. The van der Waals surface area contributed by atoms with Crippen molar-refractivity contribution in [2.75, 3.05) is 18.4 Å². The second-order valence-electron chi connectivity index (χ2n) is 5.64. The summed E-state index contributed by atoms with van der Waals surface area (Å²) in [4.78, 5) is 13.6. The molecule has 2 unspecified atom stereocenters. The van der Waals surface area contributed by atoms with Gasteiger partial charge in [0.1, 0.15) is 0 Å². The molecular weight excluding hydrogens is 320 g/mol. The van der Waals surface area contributed by atoms with Gasteiger partial charge in [-0.15, -0.1) is 0 Å². The van der Waals surface area contributed by atoms with Gasteiger partial charge in [-0.25, -0.2) is 4.79 Å². The number of carboxylic acid groups (broad SMARTS) is 1. The fourth-order valence-electron chi connectivity index (χ4n) is 3.41. The summed E-state index contributed by atoms with van der Waals surface area (Å²) in [6, 6.07) is 6.51. The minimum Gasteiger partial charge on any atom is -0.478 e. The summed E-state index contributed by atoms with van der Waals surface area (Å²) in [6.45, 7) is 2.40. The van der Waals surface area contributed by atoms with Crippen molar-refractivity contribution in [2.45, 2.75) is 37.8 Å². The molecule has 0 aliphatic carbocycles. The van der Waals surface area contributed by atoms with Crippen LogP contribution in [0.1, 0.15) is 36.0 Å². The van der Waals surface area contributed by atoms with E-state index in [1.165, 1.54) is 38.8 Å². The van der Waals surface area contributed by atoms with Crippen LogP contribution in [0.15, 0.2) is 22.7 Å². The quantitative estimate of drug-likeness (QED) is 0.888. The number of hydrogen-bond donors (Lipinski definition) is 2. The molecule has 2 aliphatic heterocycles. The lowest BCUT2D eigenvalue weighted by atomic mass is 9.99. The number of piperidine rings is 1. The average Bonchev–Trinajstić information content (AvgIpc) is 2.82. The van der Waals surface area contributed by atoms with Crippen molar-refractivity contribution in [3.63, 3.8) is 0 Å². The highest BCUT2D eigenvalue weighted by Crippen LogP contribution is 2.30. The van der Waals surface area contributed by atoms with Crippen molar-refractivity contribution in [3.05, 3.63) is 28.2 Å². The van der Waals surface area contributed by atoms with Crippen molar-refractivity contribution in [1.82, 2.24) is 4.90 Å². The van der Waals surface area contributed by atoms with Gasteiger partial charge in [-0.1, -0.05) is 6.42 Å². The van der Waals surface area contributed by atoms with Crippen molar-refractivity contribution in [3.8, 4) is 0 Å². The first-order chi connectivity index (χ1) is 9.65. The van der Waals surface area contributed by atoms with Crippen LogP contribution in [0.5, 0.6) is 0 Å². The monoisotopic (exact) mass is 338 g/mol. The van der Waals surface area contributed by atoms with E-state index in [2.05, 4.69) is 26.1 Å². The second kappa shape index (κ2) is 5.74. The lowest BCUT2D eigenvalue weighted by Crippen LogP contribution is -2.41. The maximum atomic E-state index is 11.0. The number of aromatic carboxylic acids is 1. The normalized spacial score (nSPS) is 26.2. The zero-order valence-electron chi connectivity index (χ0n) is 11.3. The van der Waals surface area contributed by atoms with Crippen molar-refractivity contribution in [2.24, 2.45) is 0 Å². The molecule has 1 aromatic rings. The molecule has 2 heterocycles. The Kier molecular flexibility index (Phi) is 3.98. The molecule has 0 radical (unpaired) electrons. The number of hydrogen-bond acceptors (Lipinski definition) is 3. The Morgan fingerprint density at radius 3 is 2.90 bits per heavy atom. The molecule has 2 aliphatic rings. The summed E-state index contributed by atoms with van der Waals surface area (Å²) >= 11 is 3.33. The molecule has 1 aromatic carbocycles. The standard InChI is InChI=1S/C15H19BrN2O2/c16-12-9-10(4-5-11(12)15(19)20)17-13-6-8-18-7-2-1-3-14(13)18/h4-5,9,13-14,17H,1-3,6-8H2,(H,19,20). The van der Waals surface area contributed by atoms with Crippen LogP contribution in [0.3, 0.4) is 0 Å². The summed E-state index contributed by atoms with van der Waals surface area (Å²) in [6.07, 6.45) is 5.08. The van der Waals surface area contributed by atoms with Gasteiger partial charge in [0, 0.05) is 28.8 Å². The van der Waals surface area contributed by atoms with Gasteiger partial charge in [0.05, 0.1) is 5.56 Å². The lowest BCUT2D eigenvalue weighted by Gasteiger charge is -2.33. The molecule has 3 rings (SSSR count). The summed E-state index contributed by atoms with van der Waals surface area (Å²) in [7, 11) is 0. The highest BCUT2D eigenvalue weighted by molar-refractivity contribution is 9.10. The molecule has 0 bridgehead atoms. The SMILES string of the molecule is O=C(O)c1ccc(NC2CCN3CCCCC23)cc1Br. The van der Waals surface area contributed by atoms with Crippen LogP contribution in [0.2, 0.25) is 0 Å². The minimum absolute atomic E-state index is 0.307. The van der Waals surface area contributed by atoms with E-state index in [9.17, 15) is 4.79 Å². The van der Waals surface area contributed by atoms with Crippen LogP contribution in [0.25, 0.3) is 0 Å². The van der Waals surface area contributed by atoms with Crippen LogP contribution in [-0.2, 0) is 0 Å². The molecule has 108 valence electrons. The lowest BCUT2D eigenvalue weighted by molar-refractivity contribution is 0.0696. The molecule has 4 nitrogen and oxygen atoms in total. The van der Waals surface area contributed by atoms with Gasteiger partial charge in [-0.05, 0) is 59.9 Å². The topological polar surface area (TPSA) is 52.6 Å². The van der Waals surface area contributed by atoms with Crippen LogP contribution < -0.4 is 5.32 Å². The predicted octanol–water partition coefficient (Wildman–Crippen LogP) is 3.19. The van der Waals surface area contributed by atoms with Gasteiger partial charge >= 0.3 is 5.97 Å². The van der Waals surface area contributed by atoms with Crippen molar-refractivity contribution in [1.29, 1.82) is 0 Å². The highest BCUT2D eigenvalue weighted by atomic mass is 79.9. The van der Waals surface area contributed by atoms with E-state index in [0.717, 1.165) is 5.69 Å². The van der Waals surface area contributed by atoms with E-state index in [0.29, 0.717) is 22.1 Å². The Labute approximate surface area is 127 Å². The van der Waals surface area contributed by atoms with Gasteiger partial charge in [-0.2, -0.15) is 0 Å². The fourth-order valence-corrected chi connectivity index (χ4v) is 3.96. The molecule has 2 saturated heterocycles. The third-order valence-corrected chi connectivity index (χ3v) is 5.06. The van der Waals surface area contributed by atoms with Gasteiger partial charge in [0.25, 0.3) is 0 Å². The van der Waals surface area contributed by atoms with E-state index >= 15 is 0 Å². The number of halogens is 1. The zero-order chi connectivity index (χ0) is 14.1. The Balaban J connectivity index is 1.72. The van der Waals surface area contributed by atoms with Gasteiger partial charge in [-0.3, -0.25) is 4.90 Å². The minimum atomic E-state index is -0.900. The molecule has 20 heavy (non-hydrogen) atoms. The van der Waals surface area contributed by atoms with E-state index in [-0.39, 0.29) is 0 Å². The number of benzene rings is 1. The van der Waals surface area contributed by atoms with Crippen molar-refractivity contribution >= 4 is 27.6 Å². The molecule has 2 fully saturated rings. The smallest absolute Gasteiger partial charge is 0.336 e. The summed E-state index contributed by atoms with van der Waals surface area (Å²) in [5.41, 5.74) is 1.31. The Hall–Kier alpha value is -1.07. The first-order valence-corrected chi connectivity index (χ1v) is 7.98. The highest BCUT2D eigenvalue weighted by Gasteiger charge is 2.35. The zero-order valence-corrected chi connectivity index (χ0v) is 12.9. The molecule has 0 spiro atoms.